The summed E-state index contributed by atoms with van der Waals surface area (Å²) in [5.74, 6) is 1.41. The Kier molecular flexibility index (Phi) is 6.33. The SMILES string of the molecule is CCOC(=O)C(C)Cc1ccc(OCc2cc(Br)cc3c2OC(C)(C)C3)cc1. The van der Waals surface area contributed by atoms with E-state index in [2.05, 4.69) is 41.9 Å². The Labute approximate surface area is 175 Å². The molecule has 0 radical (unpaired) electrons. The summed E-state index contributed by atoms with van der Waals surface area (Å²) in [4.78, 5) is 11.8. The fourth-order valence-corrected chi connectivity index (χ4v) is 4.01. The van der Waals surface area contributed by atoms with Crippen LogP contribution in [-0.2, 0) is 29.0 Å². The lowest BCUT2D eigenvalue weighted by Gasteiger charge is -2.18. The average Bonchev–Trinajstić information content (AvgIpc) is 2.94. The van der Waals surface area contributed by atoms with Gasteiger partial charge in [0.2, 0.25) is 0 Å². The first-order valence-electron chi connectivity index (χ1n) is 9.66. The molecule has 1 heterocycles. The molecule has 0 N–H and O–H groups in total. The summed E-state index contributed by atoms with van der Waals surface area (Å²) in [6.07, 6.45) is 1.54. The van der Waals surface area contributed by atoms with Crippen LogP contribution in [-0.4, -0.2) is 18.2 Å². The van der Waals surface area contributed by atoms with Crippen LogP contribution >= 0.6 is 15.9 Å². The van der Waals surface area contributed by atoms with Gasteiger partial charge in [0.25, 0.3) is 0 Å². The predicted octanol–water partition coefficient (Wildman–Crippen LogP) is 5.48. The molecule has 0 amide bonds. The Balaban J connectivity index is 1.63. The molecule has 1 aliphatic heterocycles. The molecular weight excluding hydrogens is 420 g/mol. The lowest BCUT2D eigenvalue weighted by molar-refractivity contribution is -0.147. The quantitative estimate of drug-likeness (QED) is 0.527. The van der Waals surface area contributed by atoms with Gasteiger partial charge in [0.15, 0.2) is 0 Å². The largest absolute Gasteiger partial charge is 0.489 e. The molecule has 0 fully saturated rings. The van der Waals surface area contributed by atoms with Gasteiger partial charge in [-0.2, -0.15) is 0 Å². The summed E-state index contributed by atoms with van der Waals surface area (Å²) in [5, 5.41) is 0. The van der Waals surface area contributed by atoms with Gasteiger partial charge in [0.05, 0.1) is 12.5 Å². The molecule has 2 aromatic carbocycles. The average molecular weight is 447 g/mol. The smallest absolute Gasteiger partial charge is 0.308 e. The Morgan fingerprint density at radius 3 is 2.64 bits per heavy atom. The molecule has 4 nitrogen and oxygen atoms in total. The van der Waals surface area contributed by atoms with E-state index in [-0.39, 0.29) is 17.5 Å². The summed E-state index contributed by atoms with van der Waals surface area (Å²) >= 11 is 3.59. The Bertz CT molecular complexity index is 842. The van der Waals surface area contributed by atoms with Gasteiger partial charge in [0, 0.05) is 16.5 Å². The van der Waals surface area contributed by atoms with Crippen molar-refractivity contribution in [3.63, 3.8) is 0 Å². The third kappa shape index (κ3) is 5.07. The molecule has 0 saturated heterocycles. The van der Waals surface area contributed by atoms with Crippen molar-refractivity contribution in [1.29, 1.82) is 0 Å². The van der Waals surface area contributed by atoms with Gasteiger partial charge >= 0.3 is 5.97 Å². The topological polar surface area (TPSA) is 44.8 Å². The second kappa shape index (κ2) is 8.56. The van der Waals surface area contributed by atoms with Crippen LogP contribution in [0.25, 0.3) is 0 Å². The second-order valence-corrected chi connectivity index (χ2v) is 8.80. The predicted molar refractivity (Wildman–Crippen MR) is 113 cm³/mol. The molecule has 28 heavy (non-hydrogen) atoms. The maximum absolute atomic E-state index is 11.8. The van der Waals surface area contributed by atoms with Gasteiger partial charge in [-0.15, -0.1) is 0 Å². The molecule has 5 heteroatoms. The lowest BCUT2D eigenvalue weighted by Crippen LogP contribution is -2.25. The van der Waals surface area contributed by atoms with Gasteiger partial charge in [-0.05, 0) is 62.6 Å². The first-order valence-corrected chi connectivity index (χ1v) is 10.5. The van der Waals surface area contributed by atoms with Crippen molar-refractivity contribution in [3.05, 3.63) is 57.6 Å². The number of fused-ring (bicyclic) bond motifs is 1. The van der Waals surface area contributed by atoms with E-state index in [9.17, 15) is 4.79 Å². The summed E-state index contributed by atoms with van der Waals surface area (Å²) < 4.78 is 18.2. The van der Waals surface area contributed by atoms with Gasteiger partial charge in [-0.3, -0.25) is 4.79 Å². The minimum absolute atomic E-state index is 0.156. The molecule has 1 aliphatic rings. The Hall–Kier alpha value is -2.01. The number of ether oxygens (including phenoxy) is 3. The van der Waals surface area contributed by atoms with Crippen molar-refractivity contribution in [2.24, 2.45) is 5.92 Å². The zero-order valence-electron chi connectivity index (χ0n) is 16.9. The standard InChI is InChI=1S/C23H27BrO4/c1-5-26-22(25)15(2)10-16-6-8-20(9-7-16)27-14-18-12-19(24)11-17-13-23(3,4)28-21(17)18/h6-9,11-12,15H,5,10,13-14H2,1-4H3. The molecule has 1 unspecified atom stereocenters. The maximum Gasteiger partial charge on any atom is 0.308 e. The molecule has 0 saturated carbocycles. The molecule has 150 valence electrons. The van der Waals surface area contributed by atoms with Crippen molar-refractivity contribution < 1.29 is 19.0 Å². The van der Waals surface area contributed by atoms with Crippen LogP contribution in [0.15, 0.2) is 40.9 Å². The van der Waals surface area contributed by atoms with E-state index in [4.69, 9.17) is 14.2 Å². The second-order valence-electron chi connectivity index (χ2n) is 7.88. The highest BCUT2D eigenvalue weighted by atomic mass is 79.9. The Morgan fingerprint density at radius 1 is 1.25 bits per heavy atom. The van der Waals surface area contributed by atoms with Gasteiger partial charge in [-0.1, -0.05) is 35.0 Å². The van der Waals surface area contributed by atoms with E-state index in [0.29, 0.717) is 19.6 Å². The molecule has 2 aromatic rings. The van der Waals surface area contributed by atoms with Gasteiger partial charge in [-0.25, -0.2) is 0 Å². The van der Waals surface area contributed by atoms with E-state index >= 15 is 0 Å². The van der Waals surface area contributed by atoms with Crippen LogP contribution in [0.2, 0.25) is 0 Å². The number of rotatable bonds is 7. The zero-order chi connectivity index (χ0) is 20.3. The number of benzene rings is 2. The zero-order valence-corrected chi connectivity index (χ0v) is 18.5. The van der Waals surface area contributed by atoms with Crippen LogP contribution in [0.4, 0.5) is 0 Å². The van der Waals surface area contributed by atoms with Crippen LogP contribution in [0, 0.1) is 5.92 Å². The monoisotopic (exact) mass is 446 g/mol. The highest BCUT2D eigenvalue weighted by Crippen LogP contribution is 2.40. The maximum atomic E-state index is 11.8. The van der Waals surface area contributed by atoms with E-state index < -0.39 is 0 Å². The van der Waals surface area contributed by atoms with Crippen LogP contribution in [0.3, 0.4) is 0 Å². The number of hydrogen-bond acceptors (Lipinski definition) is 4. The van der Waals surface area contributed by atoms with E-state index in [0.717, 1.165) is 33.5 Å². The number of esters is 1. The van der Waals surface area contributed by atoms with Crippen LogP contribution in [0.1, 0.15) is 44.4 Å². The normalized spacial score (nSPS) is 15.5. The first kappa shape index (κ1) is 20.7. The lowest BCUT2D eigenvalue weighted by atomic mass is 10.0. The fraction of sp³-hybridized carbons (Fsp3) is 0.435. The van der Waals surface area contributed by atoms with Crippen molar-refractivity contribution in [2.45, 2.75) is 52.7 Å². The van der Waals surface area contributed by atoms with E-state index in [1.807, 2.05) is 38.1 Å². The third-order valence-corrected chi connectivity index (χ3v) is 5.21. The Morgan fingerprint density at radius 2 is 1.96 bits per heavy atom. The molecule has 1 atom stereocenters. The summed E-state index contributed by atoms with van der Waals surface area (Å²) in [7, 11) is 0. The van der Waals surface area contributed by atoms with Gasteiger partial charge < -0.3 is 14.2 Å². The van der Waals surface area contributed by atoms with E-state index in [1.54, 1.807) is 0 Å². The third-order valence-electron chi connectivity index (χ3n) is 4.75. The van der Waals surface area contributed by atoms with Crippen molar-refractivity contribution in [1.82, 2.24) is 0 Å². The van der Waals surface area contributed by atoms with Crippen molar-refractivity contribution in [3.8, 4) is 11.5 Å². The fourth-order valence-electron chi connectivity index (χ4n) is 3.46. The van der Waals surface area contributed by atoms with E-state index in [1.165, 1.54) is 5.56 Å². The first-order chi connectivity index (χ1) is 13.3. The van der Waals surface area contributed by atoms with Crippen molar-refractivity contribution >= 4 is 21.9 Å². The highest BCUT2D eigenvalue weighted by Gasteiger charge is 2.32. The summed E-state index contributed by atoms with van der Waals surface area (Å²) in [6, 6.07) is 12.0. The number of hydrogen-bond donors (Lipinski definition) is 0. The van der Waals surface area contributed by atoms with Crippen LogP contribution < -0.4 is 9.47 Å². The molecule has 0 aromatic heterocycles. The number of halogens is 1. The molecule has 0 bridgehead atoms. The highest BCUT2D eigenvalue weighted by molar-refractivity contribution is 9.10. The minimum atomic E-state index is -0.185. The minimum Gasteiger partial charge on any atom is -0.489 e. The summed E-state index contributed by atoms with van der Waals surface area (Å²) in [6.45, 7) is 8.76. The van der Waals surface area contributed by atoms with Gasteiger partial charge in [0.1, 0.15) is 23.7 Å². The van der Waals surface area contributed by atoms with Crippen molar-refractivity contribution in [2.75, 3.05) is 6.61 Å². The molecule has 0 aliphatic carbocycles. The number of carbonyl (C=O) groups is 1. The number of carbonyl (C=O) groups excluding carboxylic acids is 1. The molecule has 0 spiro atoms. The summed E-state index contributed by atoms with van der Waals surface area (Å²) in [5.41, 5.74) is 3.15. The van der Waals surface area contributed by atoms with Crippen LogP contribution in [0.5, 0.6) is 11.5 Å². The molecule has 3 rings (SSSR count). The molecular formula is C23H27BrO4.